The number of hydrogen-bond donors (Lipinski definition) is 0. The van der Waals surface area contributed by atoms with Gasteiger partial charge in [-0.25, -0.2) is 0 Å². The van der Waals surface area contributed by atoms with Gasteiger partial charge in [0, 0.05) is 22.2 Å². The molecule has 0 aromatic heterocycles. The first-order valence-electron chi connectivity index (χ1n) is 26.8. The molecule has 74 heavy (non-hydrogen) atoms. The monoisotopic (exact) mass is 947 g/mol. The van der Waals surface area contributed by atoms with Crippen molar-refractivity contribution in [2.45, 2.75) is 55.8 Å². The van der Waals surface area contributed by atoms with Crippen LogP contribution in [-0.2, 0) is 10.8 Å². The lowest BCUT2D eigenvalue weighted by Crippen LogP contribution is -2.28. The number of para-hydroxylation sites is 2. The van der Waals surface area contributed by atoms with Gasteiger partial charge in [0.2, 0.25) is 0 Å². The second kappa shape index (κ2) is 17.9. The highest BCUT2D eigenvalue weighted by Gasteiger charge is 2.46. The zero-order chi connectivity index (χ0) is 49.2. The Bertz CT molecular complexity index is 3860. The van der Waals surface area contributed by atoms with Crippen molar-refractivity contribution < 1.29 is 0 Å². The lowest BCUT2D eigenvalue weighted by atomic mass is 9.67. The molecule has 1 heteroatoms. The minimum atomic E-state index is -0.521. The highest BCUT2D eigenvalue weighted by atomic mass is 15.1. The van der Waals surface area contributed by atoms with Crippen molar-refractivity contribution in [3.63, 3.8) is 0 Å². The fourth-order valence-electron chi connectivity index (χ4n) is 13.9. The molecule has 1 unspecified atom stereocenters. The average molecular weight is 948 g/mol. The Morgan fingerprint density at radius 2 is 0.851 bits per heavy atom. The van der Waals surface area contributed by atoms with Gasteiger partial charge in [-0.15, -0.1) is 0 Å². The van der Waals surface area contributed by atoms with Crippen LogP contribution in [-0.4, -0.2) is 0 Å². The van der Waals surface area contributed by atoms with Gasteiger partial charge >= 0.3 is 0 Å². The predicted molar refractivity (Wildman–Crippen MR) is 310 cm³/mol. The molecule has 0 radical (unpaired) electrons. The molecule has 1 atom stereocenters. The summed E-state index contributed by atoms with van der Waals surface area (Å²) in [5.41, 5.74) is 23.1. The number of hydrogen-bond acceptors (Lipinski definition) is 1. The molecule has 0 N–H and O–H groups in total. The van der Waals surface area contributed by atoms with E-state index in [1.165, 1.54) is 132 Å². The fraction of sp³-hybridized carbons (Fsp3) is 0.123. The normalized spacial score (nSPS) is 16.3. The molecule has 1 nitrogen and oxygen atoms in total. The number of rotatable bonds is 9. The third kappa shape index (κ3) is 6.76. The number of nitrogens with zero attached hydrogens (tertiary/aromatic N) is 1. The van der Waals surface area contributed by atoms with Crippen molar-refractivity contribution in [3.8, 4) is 44.5 Å². The van der Waals surface area contributed by atoms with Gasteiger partial charge in [-0.3, -0.25) is 0 Å². The van der Waals surface area contributed by atoms with Crippen molar-refractivity contribution in [3.05, 3.63) is 305 Å². The standard InChI is InChI=1S/C73H57N/c1-72(53-28-8-3-9-29-53)65-40-18-14-35-59(65)61-47-45-56(49-67(61)72)74(70-43-21-17-37-63(70)64-39-23-27-51-26-22-38-58(71(51)64)50-24-6-2-7-25-50)69-42-20-16-34-57(69)52-44-46-62-60-36-15-19-41-66(60)73(68(62)48-52,54-30-10-4-11-31-54)55-32-12-5-13-33-55/h3-5,8-23,26-50H,2,6-7,24-25H2,1H3. The van der Waals surface area contributed by atoms with E-state index in [0.717, 1.165) is 17.1 Å². The molecule has 14 rings (SSSR count). The number of fused-ring (bicyclic) bond motifs is 7. The summed E-state index contributed by atoms with van der Waals surface area (Å²) < 4.78 is 0. The highest BCUT2D eigenvalue weighted by Crippen LogP contribution is 2.59. The molecule has 0 heterocycles. The van der Waals surface area contributed by atoms with Crippen molar-refractivity contribution >= 4 is 27.8 Å². The SMILES string of the molecule is CC1(c2ccccc2)c2ccccc2-c2ccc(N(c3ccccc3-c3ccc4c(c3)C(c3ccccc3)(c3ccccc3)c3ccccc3-4)c3ccccc3-c3cccc4cccc(C5CCCCC5)c34)cc21. The largest absolute Gasteiger partial charge is 0.309 e. The van der Waals surface area contributed by atoms with E-state index in [1.807, 2.05) is 0 Å². The smallest absolute Gasteiger partial charge is 0.0713 e. The number of anilines is 3. The molecule has 0 amide bonds. The van der Waals surface area contributed by atoms with Gasteiger partial charge in [0.25, 0.3) is 0 Å². The van der Waals surface area contributed by atoms with Gasteiger partial charge < -0.3 is 4.90 Å². The quantitative estimate of drug-likeness (QED) is 0.139. The molecule has 3 aliphatic rings. The molecule has 0 saturated heterocycles. The van der Waals surface area contributed by atoms with E-state index < -0.39 is 5.41 Å². The van der Waals surface area contributed by atoms with E-state index >= 15 is 0 Å². The Labute approximate surface area is 436 Å². The topological polar surface area (TPSA) is 3.24 Å². The molecule has 3 aliphatic carbocycles. The van der Waals surface area contributed by atoms with Crippen LogP contribution in [0.15, 0.2) is 261 Å². The van der Waals surface area contributed by atoms with Crippen LogP contribution in [0, 0.1) is 0 Å². The molecule has 354 valence electrons. The average Bonchev–Trinajstić information content (AvgIpc) is 3.95. The summed E-state index contributed by atoms with van der Waals surface area (Å²) in [6, 6.07) is 98.5. The second-order valence-corrected chi connectivity index (χ2v) is 21.0. The summed E-state index contributed by atoms with van der Waals surface area (Å²) in [4.78, 5) is 2.59. The van der Waals surface area contributed by atoms with Crippen LogP contribution in [0.5, 0.6) is 0 Å². The van der Waals surface area contributed by atoms with Gasteiger partial charge in [0.15, 0.2) is 0 Å². The lowest BCUT2D eigenvalue weighted by molar-refractivity contribution is 0.445. The van der Waals surface area contributed by atoms with Gasteiger partial charge in [0.05, 0.1) is 16.8 Å². The maximum Gasteiger partial charge on any atom is 0.0713 e. The molecule has 11 aromatic rings. The van der Waals surface area contributed by atoms with E-state index in [2.05, 4.69) is 273 Å². The van der Waals surface area contributed by atoms with Crippen LogP contribution in [0.3, 0.4) is 0 Å². The highest BCUT2D eigenvalue weighted by molar-refractivity contribution is 6.04. The summed E-state index contributed by atoms with van der Waals surface area (Å²) in [6.07, 6.45) is 6.40. The Morgan fingerprint density at radius 3 is 1.54 bits per heavy atom. The second-order valence-electron chi connectivity index (χ2n) is 21.0. The van der Waals surface area contributed by atoms with Gasteiger partial charge in [-0.05, 0) is 145 Å². The molecule has 0 spiro atoms. The molecule has 0 bridgehead atoms. The molecular weight excluding hydrogens is 891 g/mol. The maximum atomic E-state index is 2.59. The third-order valence-electron chi connectivity index (χ3n) is 17.2. The lowest BCUT2D eigenvalue weighted by Gasteiger charge is -2.34. The van der Waals surface area contributed by atoms with Crippen LogP contribution in [0.1, 0.15) is 89.5 Å². The molecule has 1 fully saturated rings. The third-order valence-corrected chi connectivity index (χ3v) is 17.2. The van der Waals surface area contributed by atoms with E-state index in [0.29, 0.717) is 5.92 Å². The first kappa shape index (κ1) is 44.2. The van der Waals surface area contributed by atoms with Gasteiger partial charge in [0.1, 0.15) is 0 Å². The van der Waals surface area contributed by atoms with Gasteiger partial charge in [-0.2, -0.15) is 0 Å². The summed E-state index contributed by atoms with van der Waals surface area (Å²) >= 11 is 0. The fourth-order valence-corrected chi connectivity index (χ4v) is 13.9. The first-order valence-corrected chi connectivity index (χ1v) is 26.8. The van der Waals surface area contributed by atoms with Crippen molar-refractivity contribution in [1.82, 2.24) is 0 Å². The van der Waals surface area contributed by atoms with Crippen LogP contribution < -0.4 is 4.90 Å². The van der Waals surface area contributed by atoms with E-state index in [9.17, 15) is 0 Å². The van der Waals surface area contributed by atoms with Crippen LogP contribution in [0.2, 0.25) is 0 Å². The van der Waals surface area contributed by atoms with E-state index in [4.69, 9.17) is 0 Å². The Morgan fingerprint density at radius 1 is 0.351 bits per heavy atom. The minimum absolute atomic E-state index is 0.369. The van der Waals surface area contributed by atoms with Crippen molar-refractivity contribution in [2.75, 3.05) is 4.90 Å². The molecule has 0 aliphatic heterocycles. The zero-order valence-corrected chi connectivity index (χ0v) is 41.9. The van der Waals surface area contributed by atoms with Crippen molar-refractivity contribution in [2.24, 2.45) is 0 Å². The number of benzene rings is 11. The van der Waals surface area contributed by atoms with Crippen LogP contribution in [0.4, 0.5) is 17.1 Å². The molecule has 11 aromatic carbocycles. The zero-order valence-electron chi connectivity index (χ0n) is 41.9. The van der Waals surface area contributed by atoms with E-state index in [1.54, 1.807) is 0 Å². The summed E-state index contributed by atoms with van der Waals surface area (Å²) in [6.45, 7) is 2.43. The Hall–Kier alpha value is -8.52. The van der Waals surface area contributed by atoms with Crippen LogP contribution >= 0.6 is 0 Å². The Balaban J connectivity index is 1.03. The van der Waals surface area contributed by atoms with Crippen LogP contribution in [0.25, 0.3) is 55.3 Å². The Kier molecular flexibility index (Phi) is 10.7. The summed E-state index contributed by atoms with van der Waals surface area (Å²) in [5.74, 6) is 0.552. The predicted octanol–water partition coefficient (Wildman–Crippen LogP) is 19.4. The van der Waals surface area contributed by atoms with E-state index in [-0.39, 0.29) is 5.41 Å². The summed E-state index contributed by atoms with van der Waals surface area (Å²) in [5, 5.41) is 2.70. The molecular formula is C73H57N. The first-order chi connectivity index (χ1) is 36.6. The van der Waals surface area contributed by atoms with Crippen molar-refractivity contribution in [1.29, 1.82) is 0 Å². The molecule has 1 saturated carbocycles. The van der Waals surface area contributed by atoms with Gasteiger partial charge in [-0.1, -0.05) is 250 Å². The maximum absolute atomic E-state index is 2.59. The minimum Gasteiger partial charge on any atom is -0.309 e. The summed E-state index contributed by atoms with van der Waals surface area (Å²) in [7, 11) is 0.